The lowest BCUT2D eigenvalue weighted by Crippen LogP contribution is -2.41. The molecule has 172 valence electrons. The summed E-state index contributed by atoms with van der Waals surface area (Å²) in [4.78, 5) is 19.7. The van der Waals surface area contributed by atoms with E-state index in [0.717, 1.165) is 24.0 Å². The van der Waals surface area contributed by atoms with Gasteiger partial charge < -0.3 is 14.4 Å². The maximum absolute atomic E-state index is 13.6. The zero-order chi connectivity index (χ0) is 22.6. The van der Waals surface area contributed by atoms with Gasteiger partial charge in [0.05, 0.1) is 24.2 Å². The van der Waals surface area contributed by atoms with Gasteiger partial charge in [0, 0.05) is 50.7 Å². The minimum absolute atomic E-state index is 0.0174. The molecule has 0 bridgehead atoms. The zero-order valence-corrected chi connectivity index (χ0v) is 19.1. The van der Waals surface area contributed by atoms with E-state index in [-0.39, 0.29) is 16.9 Å². The van der Waals surface area contributed by atoms with Crippen LogP contribution in [0.2, 0.25) is 0 Å². The van der Waals surface area contributed by atoms with Crippen molar-refractivity contribution in [3.63, 3.8) is 0 Å². The first-order valence-corrected chi connectivity index (χ1v) is 12.4. The van der Waals surface area contributed by atoms with E-state index in [1.165, 1.54) is 10.4 Å². The summed E-state index contributed by atoms with van der Waals surface area (Å²) >= 11 is 0. The summed E-state index contributed by atoms with van der Waals surface area (Å²) in [5.74, 6) is -0.208. The Balaban J connectivity index is 1.62. The Hall–Kier alpha value is -2.33. The molecule has 1 atom stereocenters. The lowest BCUT2D eigenvalue weighted by molar-refractivity contribution is 0.0506. The molecular formula is C23H29N3O5S. The van der Waals surface area contributed by atoms with Gasteiger partial charge in [0.2, 0.25) is 10.0 Å². The monoisotopic (exact) mass is 459 g/mol. The van der Waals surface area contributed by atoms with E-state index < -0.39 is 10.0 Å². The van der Waals surface area contributed by atoms with Gasteiger partial charge in [-0.1, -0.05) is 12.1 Å². The molecule has 4 rings (SSSR count). The summed E-state index contributed by atoms with van der Waals surface area (Å²) in [6, 6.07) is 8.55. The third-order valence-corrected chi connectivity index (χ3v) is 7.77. The molecule has 0 spiro atoms. The lowest BCUT2D eigenvalue weighted by atomic mass is 10.1. The molecule has 0 N–H and O–H groups in total. The van der Waals surface area contributed by atoms with Crippen LogP contribution in [-0.4, -0.2) is 74.1 Å². The fourth-order valence-corrected chi connectivity index (χ4v) is 5.50. The summed E-state index contributed by atoms with van der Waals surface area (Å²) in [7, 11) is -3.69. The highest BCUT2D eigenvalue weighted by molar-refractivity contribution is 7.89. The van der Waals surface area contributed by atoms with Crippen molar-refractivity contribution in [2.24, 2.45) is 0 Å². The summed E-state index contributed by atoms with van der Waals surface area (Å²) in [6.07, 6.45) is 5.30. The third-order valence-electron chi connectivity index (χ3n) is 5.88. The Kier molecular flexibility index (Phi) is 7.20. The van der Waals surface area contributed by atoms with E-state index in [2.05, 4.69) is 4.98 Å². The van der Waals surface area contributed by atoms with E-state index in [0.29, 0.717) is 51.6 Å². The first-order valence-electron chi connectivity index (χ1n) is 10.9. The number of morpholine rings is 1. The van der Waals surface area contributed by atoms with Crippen molar-refractivity contribution >= 4 is 15.9 Å². The molecule has 1 amide bonds. The first kappa shape index (κ1) is 22.8. The molecule has 3 heterocycles. The second-order valence-electron chi connectivity index (χ2n) is 8.18. The van der Waals surface area contributed by atoms with Crippen molar-refractivity contribution < 1.29 is 22.7 Å². The fourth-order valence-electron chi connectivity index (χ4n) is 4.06. The average molecular weight is 460 g/mol. The summed E-state index contributed by atoms with van der Waals surface area (Å²) < 4.78 is 38.7. The molecule has 32 heavy (non-hydrogen) atoms. The summed E-state index contributed by atoms with van der Waals surface area (Å²) in [5.41, 5.74) is 2.04. The number of ether oxygens (including phenoxy) is 2. The van der Waals surface area contributed by atoms with Crippen LogP contribution in [0.15, 0.2) is 47.6 Å². The van der Waals surface area contributed by atoms with Crippen molar-refractivity contribution in [1.29, 1.82) is 0 Å². The molecule has 2 aliphatic heterocycles. The van der Waals surface area contributed by atoms with Crippen LogP contribution >= 0.6 is 0 Å². The smallest absolute Gasteiger partial charge is 0.254 e. The number of carbonyl (C=O) groups excluding carboxylic acids is 1. The minimum Gasteiger partial charge on any atom is -0.379 e. The van der Waals surface area contributed by atoms with Crippen molar-refractivity contribution in [3.8, 4) is 0 Å². The van der Waals surface area contributed by atoms with Gasteiger partial charge in [0.1, 0.15) is 0 Å². The number of aryl methyl sites for hydroxylation is 1. The SMILES string of the molecule is Cc1ccc(S(=O)(=O)N2CCOCC2)cc1C(=O)N(Cc1cccnc1)CC1CCCO1. The highest BCUT2D eigenvalue weighted by atomic mass is 32.2. The van der Waals surface area contributed by atoms with E-state index in [1.54, 1.807) is 29.4 Å². The number of pyridine rings is 1. The molecule has 2 fully saturated rings. The highest BCUT2D eigenvalue weighted by Crippen LogP contribution is 2.23. The predicted octanol–water partition coefficient (Wildman–Crippen LogP) is 2.23. The van der Waals surface area contributed by atoms with Crippen LogP contribution in [0.5, 0.6) is 0 Å². The van der Waals surface area contributed by atoms with Gasteiger partial charge in [-0.15, -0.1) is 0 Å². The molecule has 2 saturated heterocycles. The molecule has 0 radical (unpaired) electrons. The maximum atomic E-state index is 13.6. The van der Waals surface area contributed by atoms with Crippen LogP contribution in [0.1, 0.15) is 34.3 Å². The Morgan fingerprint density at radius 3 is 2.72 bits per heavy atom. The van der Waals surface area contributed by atoms with Gasteiger partial charge in [0.15, 0.2) is 0 Å². The standard InChI is InChI=1S/C23H29N3O5S/c1-18-6-7-21(32(28,29)26-9-12-30-13-10-26)14-22(18)23(27)25(17-20-5-3-11-31-20)16-19-4-2-8-24-15-19/h2,4,6-8,14-15,20H,3,5,9-13,16-17H2,1H3. The number of amides is 1. The lowest BCUT2D eigenvalue weighted by Gasteiger charge is -2.28. The molecule has 1 aromatic heterocycles. The van der Waals surface area contributed by atoms with Gasteiger partial charge in [0.25, 0.3) is 5.91 Å². The largest absolute Gasteiger partial charge is 0.379 e. The van der Waals surface area contributed by atoms with Crippen molar-refractivity contribution in [3.05, 3.63) is 59.4 Å². The molecule has 9 heteroatoms. The van der Waals surface area contributed by atoms with Gasteiger partial charge in [-0.2, -0.15) is 4.31 Å². The number of rotatable bonds is 7. The highest BCUT2D eigenvalue weighted by Gasteiger charge is 2.29. The predicted molar refractivity (Wildman–Crippen MR) is 119 cm³/mol. The number of aromatic nitrogens is 1. The second kappa shape index (κ2) is 10.1. The Labute approximate surface area is 189 Å². The third kappa shape index (κ3) is 5.17. The van der Waals surface area contributed by atoms with Crippen LogP contribution < -0.4 is 0 Å². The number of benzene rings is 1. The van der Waals surface area contributed by atoms with Crippen LogP contribution in [0.4, 0.5) is 0 Å². The maximum Gasteiger partial charge on any atom is 0.254 e. The number of hydrogen-bond donors (Lipinski definition) is 0. The van der Waals surface area contributed by atoms with Gasteiger partial charge >= 0.3 is 0 Å². The topological polar surface area (TPSA) is 89.0 Å². The number of nitrogens with zero attached hydrogens (tertiary/aromatic N) is 3. The zero-order valence-electron chi connectivity index (χ0n) is 18.3. The molecule has 8 nitrogen and oxygen atoms in total. The van der Waals surface area contributed by atoms with Crippen molar-refractivity contribution in [2.45, 2.75) is 37.3 Å². The molecule has 0 aliphatic carbocycles. The van der Waals surface area contributed by atoms with Crippen LogP contribution in [0.25, 0.3) is 0 Å². The molecule has 0 saturated carbocycles. The summed E-state index contributed by atoms with van der Waals surface area (Å²) in [6.45, 7) is 4.73. The van der Waals surface area contributed by atoms with Crippen LogP contribution in [0, 0.1) is 6.92 Å². The Morgan fingerprint density at radius 1 is 1.22 bits per heavy atom. The van der Waals surface area contributed by atoms with Crippen molar-refractivity contribution in [2.75, 3.05) is 39.5 Å². The molecular weight excluding hydrogens is 430 g/mol. The summed E-state index contributed by atoms with van der Waals surface area (Å²) in [5, 5.41) is 0. The first-order chi connectivity index (χ1) is 15.4. The van der Waals surface area contributed by atoms with E-state index >= 15 is 0 Å². The second-order valence-corrected chi connectivity index (χ2v) is 10.1. The molecule has 2 aromatic rings. The number of hydrogen-bond acceptors (Lipinski definition) is 6. The minimum atomic E-state index is -3.69. The van der Waals surface area contributed by atoms with E-state index in [1.807, 2.05) is 19.1 Å². The van der Waals surface area contributed by atoms with Gasteiger partial charge in [-0.3, -0.25) is 9.78 Å². The van der Waals surface area contributed by atoms with Gasteiger partial charge in [-0.05, 0) is 49.1 Å². The molecule has 2 aliphatic rings. The van der Waals surface area contributed by atoms with Crippen molar-refractivity contribution in [1.82, 2.24) is 14.2 Å². The van der Waals surface area contributed by atoms with E-state index in [4.69, 9.17) is 9.47 Å². The molecule has 1 unspecified atom stereocenters. The quantitative estimate of drug-likeness (QED) is 0.631. The average Bonchev–Trinajstić information content (AvgIpc) is 3.33. The Morgan fingerprint density at radius 2 is 2.03 bits per heavy atom. The number of carbonyl (C=O) groups is 1. The van der Waals surface area contributed by atoms with Crippen LogP contribution in [-0.2, 0) is 26.0 Å². The fraction of sp³-hybridized carbons (Fsp3) is 0.478. The number of sulfonamides is 1. The van der Waals surface area contributed by atoms with Gasteiger partial charge in [-0.25, -0.2) is 8.42 Å². The van der Waals surface area contributed by atoms with E-state index in [9.17, 15) is 13.2 Å². The molecule has 1 aromatic carbocycles. The van der Waals surface area contributed by atoms with Crippen LogP contribution in [0.3, 0.4) is 0 Å². The normalized spacial score (nSPS) is 19.7. The Bertz CT molecular complexity index is 1030.